The van der Waals surface area contributed by atoms with E-state index in [2.05, 4.69) is 103 Å². The van der Waals surface area contributed by atoms with Gasteiger partial charge < -0.3 is 10.2 Å². The van der Waals surface area contributed by atoms with Crippen molar-refractivity contribution in [3.8, 4) is 22.3 Å². The highest BCUT2D eigenvalue weighted by atomic mass is 16.3. The van der Waals surface area contributed by atoms with Crippen molar-refractivity contribution in [2.75, 3.05) is 0 Å². The summed E-state index contributed by atoms with van der Waals surface area (Å²) < 4.78 is 6.13. The predicted octanol–water partition coefficient (Wildman–Crippen LogP) is 10.4. The number of benzene rings is 7. The molecule has 4 nitrogen and oxygen atoms in total. The van der Waals surface area contributed by atoms with E-state index < -0.39 is 0 Å². The molecule has 0 aliphatic rings. The van der Waals surface area contributed by atoms with Crippen molar-refractivity contribution >= 4 is 44.4 Å². The van der Waals surface area contributed by atoms with E-state index >= 15 is 0 Å². The highest BCUT2D eigenvalue weighted by molar-refractivity contribution is 6.12. The Kier molecular flexibility index (Phi) is 7.37. The molecule has 7 aromatic carbocycles. The van der Waals surface area contributed by atoms with Crippen LogP contribution in [0.15, 0.2) is 178 Å². The highest BCUT2D eigenvalue weighted by Gasteiger charge is 2.12. The van der Waals surface area contributed by atoms with Gasteiger partial charge in [-0.1, -0.05) is 140 Å². The van der Waals surface area contributed by atoms with Gasteiger partial charge in [-0.05, 0) is 62.9 Å². The third kappa shape index (κ3) is 5.69. The Bertz CT molecular complexity index is 2420. The van der Waals surface area contributed by atoms with Crippen molar-refractivity contribution in [3.05, 3.63) is 180 Å². The van der Waals surface area contributed by atoms with Gasteiger partial charge in [-0.2, -0.15) is 0 Å². The predicted molar refractivity (Wildman–Crippen MR) is 196 cm³/mol. The average Bonchev–Trinajstić information content (AvgIpc) is 3.53. The summed E-state index contributed by atoms with van der Waals surface area (Å²) in [6, 6.07) is 56.1. The molecule has 0 aliphatic carbocycles. The van der Waals surface area contributed by atoms with E-state index in [1.54, 1.807) is 0 Å². The zero-order chi connectivity index (χ0) is 31.6. The van der Waals surface area contributed by atoms with Crippen molar-refractivity contribution in [2.24, 2.45) is 15.7 Å². The molecule has 0 saturated carbocycles. The molecular formula is C43H31N3O. The Morgan fingerprint density at radius 3 is 1.89 bits per heavy atom. The van der Waals surface area contributed by atoms with E-state index in [0.717, 1.165) is 60.5 Å². The van der Waals surface area contributed by atoms with E-state index in [-0.39, 0.29) is 0 Å². The second-order valence-corrected chi connectivity index (χ2v) is 11.6. The SMILES string of the molecule is NC(=NC(=NCc1cccc2oc3ccccc3c12)c1ccc(-c2ccccc2)cc1)c1ccc2cc(-c3ccccc3)ccc2c1. The summed E-state index contributed by atoms with van der Waals surface area (Å²) in [4.78, 5) is 10.0. The van der Waals surface area contributed by atoms with Crippen LogP contribution in [0.2, 0.25) is 0 Å². The first kappa shape index (κ1) is 28.2. The summed E-state index contributed by atoms with van der Waals surface area (Å²) in [5.74, 6) is 0.989. The van der Waals surface area contributed by atoms with E-state index in [1.165, 1.54) is 11.1 Å². The molecular weight excluding hydrogens is 574 g/mol. The first-order valence-corrected chi connectivity index (χ1v) is 15.7. The first-order valence-electron chi connectivity index (χ1n) is 15.7. The minimum absolute atomic E-state index is 0.414. The van der Waals surface area contributed by atoms with Crippen molar-refractivity contribution in [1.82, 2.24) is 0 Å². The normalized spacial score (nSPS) is 12.3. The van der Waals surface area contributed by atoms with Gasteiger partial charge in [0.25, 0.3) is 0 Å². The molecule has 0 amide bonds. The molecule has 0 fully saturated rings. The molecule has 0 aliphatic heterocycles. The summed E-state index contributed by atoms with van der Waals surface area (Å²) in [5, 5.41) is 4.40. The smallest absolute Gasteiger partial charge is 0.157 e. The van der Waals surface area contributed by atoms with Crippen LogP contribution in [0.5, 0.6) is 0 Å². The molecule has 2 N–H and O–H groups in total. The monoisotopic (exact) mass is 605 g/mol. The van der Waals surface area contributed by atoms with Crippen LogP contribution in [0.4, 0.5) is 0 Å². The molecule has 0 saturated heterocycles. The quantitative estimate of drug-likeness (QED) is 0.151. The second kappa shape index (κ2) is 12.3. The van der Waals surface area contributed by atoms with Gasteiger partial charge in [-0.3, -0.25) is 4.99 Å². The molecule has 0 atom stereocenters. The molecule has 8 rings (SSSR count). The molecule has 0 spiro atoms. The van der Waals surface area contributed by atoms with Gasteiger partial charge in [-0.15, -0.1) is 0 Å². The van der Waals surface area contributed by atoms with Crippen LogP contribution in [0.25, 0.3) is 55.0 Å². The van der Waals surface area contributed by atoms with Crippen molar-refractivity contribution in [3.63, 3.8) is 0 Å². The lowest BCUT2D eigenvalue weighted by Gasteiger charge is -2.09. The number of furan rings is 1. The fourth-order valence-electron chi connectivity index (χ4n) is 6.17. The molecule has 8 aromatic rings. The molecule has 4 heteroatoms. The molecule has 0 bridgehead atoms. The molecule has 0 unspecified atom stereocenters. The van der Waals surface area contributed by atoms with Gasteiger partial charge in [0.2, 0.25) is 0 Å². The number of nitrogens with zero attached hydrogens (tertiary/aromatic N) is 2. The number of fused-ring (bicyclic) bond motifs is 4. The van der Waals surface area contributed by atoms with Gasteiger partial charge in [0, 0.05) is 21.9 Å². The number of amidine groups is 2. The highest BCUT2D eigenvalue weighted by Crippen LogP contribution is 2.32. The van der Waals surface area contributed by atoms with Crippen LogP contribution >= 0.6 is 0 Å². The minimum atomic E-state index is 0.414. The lowest BCUT2D eigenvalue weighted by atomic mass is 10.00. The van der Waals surface area contributed by atoms with E-state index in [9.17, 15) is 0 Å². The van der Waals surface area contributed by atoms with Crippen LogP contribution in [-0.4, -0.2) is 11.7 Å². The van der Waals surface area contributed by atoms with Gasteiger partial charge >= 0.3 is 0 Å². The molecule has 224 valence electrons. The zero-order valence-electron chi connectivity index (χ0n) is 25.7. The van der Waals surface area contributed by atoms with Crippen LogP contribution < -0.4 is 5.73 Å². The van der Waals surface area contributed by atoms with E-state index in [4.69, 9.17) is 20.1 Å². The van der Waals surface area contributed by atoms with Crippen molar-refractivity contribution in [2.45, 2.75) is 6.54 Å². The van der Waals surface area contributed by atoms with Crippen LogP contribution in [0.1, 0.15) is 16.7 Å². The van der Waals surface area contributed by atoms with Gasteiger partial charge in [0.15, 0.2) is 5.84 Å². The number of para-hydroxylation sites is 1. The molecule has 1 heterocycles. The van der Waals surface area contributed by atoms with Gasteiger partial charge in [-0.25, -0.2) is 4.99 Å². The maximum absolute atomic E-state index is 6.74. The van der Waals surface area contributed by atoms with Gasteiger partial charge in [0.1, 0.15) is 17.0 Å². The first-order chi connectivity index (χ1) is 23.2. The lowest BCUT2D eigenvalue weighted by Crippen LogP contribution is -2.16. The fraction of sp³-hybridized carbons (Fsp3) is 0.0233. The van der Waals surface area contributed by atoms with Gasteiger partial charge in [0.05, 0.1) is 6.54 Å². The van der Waals surface area contributed by atoms with Crippen LogP contribution in [-0.2, 0) is 6.54 Å². The van der Waals surface area contributed by atoms with Crippen LogP contribution in [0.3, 0.4) is 0 Å². The number of aliphatic imine (C=N–C) groups is 2. The standard InChI is InChI=1S/C43H31N3O/c44-42(36-25-24-34-26-33(22-23-35(34)27-36)30-12-5-2-6-13-30)46-43(32-20-18-31(19-21-32)29-10-3-1-4-11-29)45-28-37-14-9-17-40-41(37)38-15-7-8-16-39(38)47-40/h1-27H,28H2,(H2,44,45,46). The number of hydrogen-bond acceptors (Lipinski definition) is 2. The minimum Gasteiger partial charge on any atom is -0.456 e. The summed E-state index contributed by atoms with van der Waals surface area (Å²) in [6.45, 7) is 0.424. The Hall–Kier alpha value is -6.26. The summed E-state index contributed by atoms with van der Waals surface area (Å²) >= 11 is 0. The summed E-state index contributed by atoms with van der Waals surface area (Å²) in [7, 11) is 0. The second-order valence-electron chi connectivity index (χ2n) is 11.6. The third-order valence-electron chi connectivity index (χ3n) is 8.61. The fourth-order valence-corrected chi connectivity index (χ4v) is 6.17. The van der Waals surface area contributed by atoms with Crippen molar-refractivity contribution in [1.29, 1.82) is 0 Å². The zero-order valence-corrected chi connectivity index (χ0v) is 25.7. The number of hydrogen-bond donors (Lipinski definition) is 1. The molecule has 1 aromatic heterocycles. The Balaban J connectivity index is 1.18. The van der Waals surface area contributed by atoms with Crippen LogP contribution in [0, 0.1) is 0 Å². The number of rotatable bonds is 6. The number of nitrogens with two attached hydrogens (primary N) is 1. The third-order valence-corrected chi connectivity index (χ3v) is 8.61. The summed E-state index contributed by atoms with van der Waals surface area (Å²) in [5.41, 5.74) is 15.9. The maximum Gasteiger partial charge on any atom is 0.157 e. The Morgan fingerprint density at radius 2 is 1.11 bits per heavy atom. The lowest BCUT2D eigenvalue weighted by molar-refractivity contribution is 0.668. The van der Waals surface area contributed by atoms with E-state index in [1.807, 2.05) is 60.7 Å². The van der Waals surface area contributed by atoms with Crippen molar-refractivity contribution < 1.29 is 4.42 Å². The average molecular weight is 606 g/mol. The Morgan fingerprint density at radius 1 is 0.511 bits per heavy atom. The molecule has 0 radical (unpaired) electrons. The molecule has 47 heavy (non-hydrogen) atoms. The summed E-state index contributed by atoms with van der Waals surface area (Å²) in [6.07, 6.45) is 0. The maximum atomic E-state index is 6.74. The topological polar surface area (TPSA) is 63.9 Å². The largest absolute Gasteiger partial charge is 0.456 e. The Labute approximate surface area is 273 Å². The van der Waals surface area contributed by atoms with E-state index in [0.29, 0.717) is 18.2 Å².